The fourth-order valence-electron chi connectivity index (χ4n) is 7.89. The Morgan fingerprint density at radius 2 is 1.74 bits per heavy atom. The molecule has 0 aliphatic carbocycles. The molecule has 1 aromatic heterocycles. The van der Waals surface area contributed by atoms with E-state index in [9.17, 15) is 4.79 Å². The van der Waals surface area contributed by atoms with Gasteiger partial charge in [-0.05, 0) is 75.1 Å². The van der Waals surface area contributed by atoms with Crippen LogP contribution in [0.4, 0.5) is 16.3 Å². The fourth-order valence-corrected chi connectivity index (χ4v) is 7.89. The Labute approximate surface area is 248 Å². The number of benzene rings is 2. The molecule has 0 saturated carbocycles. The summed E-state index contributed by atoms with van der Waals surface area (Å²) in [6.07, 6.45) is 7.58. The van der Waals surface area contributed by atoms with Gasteiger partial charge < -0.3 is 25.2 Å². The van der Waals surface area contributed by atoms with E-state index in [4.69, 9.17) is 20.4 Å². The zero-order chi connectivity index (χ0) is 28.7. The number of primary amides is 1. The third kappa shape index (κ3) is 4.91. The molecular formula is C33H43N7O2. The van der Waals surface area contributed by atoms with Crippen molar-refractivity contribution in [1.82, 2.24) is 19.8 Å². The Balaban J connectivity index is 1.23. The van der Waals surface area contributed by atoms with Gasteiger partial charge in [-0.2, -0.15) is 9.97 Å². The van der Waals surface area contributed by atoms with Gasteiger partial charge >= 0.3 is 12.0 Å². The summed E-state index contributed by atoms with van der Waals surface area (Å²) < 4.78 is 6.54. The van der Waals surface area contributed by atoms with Crippen molar-refractivity contribution in [2.24, 2.45) is 5.73 Å². The molecule has 222 valence electrons. The summed E-state index contributed by atoms with van der Waals surface area (Å²) >= 11 is 0. The van der Waals surface area contributed by atoms with Gasteiger partial charge in [-0.25, -0.2) is 4.79 Å². The van der Waals surface area contributed by atoms with Crippen molar-refractivity contribution in [3.8, 4) is 6.01 Å². The van der Waals surface area contributed by atoms with E-state index in [0.717, 1.165) is 50.4 Å². The number of carbonyl (C=O) groups excluding carboxylic acids is 1. The second-order valence-corrected chi connectivity index (χ2v) is 12.4. The molecule has 0 spiro atoms. The van der Waals surface area contributed by atoms with E-state index < -0.39 is 0 Å². The smallest absolute Gasteiger partial charge is 0.318 e. The zero-order valence-corrected chi connectivity index (χ0v) is 24.9. The third-order valence-electron chi connectivity index (χ3n) is 10.1. The summed E-state index contributed by atoms with van der Waals surface area (Å²) in [5, 5.41) is 2.63. The number of amides is 2. The highest BCUT2D eigenvalue weighted by Gasteiger charge is 2.45. The van der Waals surface area contributed by atoms with Crippen molar-refractivity contribution < 1.29 is 9.53 Å². The first kappa shape index (κ1) is 27.3. The first-order valence-corrected chi connectivity index (χ1v) is 15.9. The number of aryl methyl sites for hydroxylation is 1. The minimum absolute atomic E-state index is 0.134. The van der Waals surface area contributed by atoms with Gasteiger partial charge in [-0.1, -0.05) is 37.3 Å². The lowest BCUT2D eigenvalue weighted by molar-refractivity contribution is 0.107. The van der Waals surface area contributed by atoms with Crippen LogP contribution in [0.3, 0.4) is 0 Å². The van der Waals surface area contributed by atoms with Crippen LogP contribution < -0.4 is 20.3 Å². The SMILES string of the molecule is CCc1cccc2cccc(N3CCc4c(nc(OCC56CCCN5CCC6)nc4N4CCCN(C(N)=O)CC4)C3)c12. The molecule has 7 rings (SSSR count). The molecule has 3 aromatic rings. The van der Waals surface area contributed by atoms with Crippen LogP contribution in [0.5, 0.6) is 6.01 Å². The molecule has 0 atom stereocenters. The summed E-state index contributed by atoms with van der Waals surface area (Å²) in [5.41, 5.74) is 10.7. The minimum Gasteiger partial charge on any atom is -0.461 e. The number of rotatable bonds is 6. The summed E-state index contributed by atoms with van der Waals surface area (Å²) in [5.74, 6) is 0.973. The zero-order valence-electron chi connectivity index (χ0n) is 24.9. The molecule has 3 fully saturated rings. The van der Waals surface area contributed by atoms with Crippen molar-refractivity contribution in [2.45, 2.75) is 64.0 Å². The minimum atomic E-state index is -0.347. The lowest BCUT2D eigenvalue weighted by atomic mass is 9.95. The van der Waals surface area contributed by atoms with E-state index in [1.807, 2.05) is 0 Å². The van der Waals surface area contributed by atoms with E-state index in [1.54, 1.807) is 4.90 Å². The van der Waals surface area contributed by atoms with Crippen LogP contribution in [0.15, 0.2) is 36.4 Å². The molecular weight excluding hydrogens is 526 g/mol. The number of nitrogens with two attached hydrogens (primary N) is 1. The summed E-state index contributed by atoms with van der Waals surface area (Å²) in [7, 11) is 0. The molecule has 0 bridgehead atoms. The molecule has 2 N–H and O–H groups in total. The number of ether oxygens (including phenoxy) is 1. The predicted molar refractivity (Wildman–Crippen MR) is 166 cm³/mol. The van der Waals surface area contributed by atoms with Gasteiger partial charge in [-0.15, -0.1) is 0 Å². The van der Waals surface area contributed by atoms with Crippen LogP contribution in [-0.2, 0) is 19.4 Å². The molecule has 0 radical (unpaired) electrons. The lowest BCUT2D eigenvalue weighted by Gasteiger charge is -2.35. The van der Waals surface area contributed by atoms with Gasteiger partial charge in [0.2, 0.25) is 0 Å². The van der Waals surface area contributed by atoms with Crippen molar-refractivity contribution in [3.63, 3.8) is 0 Å². The fraction of sp³-hybridized carbons (Fsp3) is 0.545. The quantitative estimate of drug-likeness (QED) is 0.472. The number of carbonyl (C=O) groups is 1. The van der Waals surface area contributed by atoms with Gasteiger partial charge in [0.05, 0.1) is 17.8 Å². The number of urea groups is 1. The number of anilines is 2. The van der Waals surface area contributed by atoms with Crippen LogP contribution in [0, 0.1) is 0 Å². The molecule has 4 aliphatic rings. The van der Waals surface area contributed by atoms with Gasteiger partial charge in [0.1, 0.15) is 12.4 Å². The first-order chi connectivity index (χ1) is 20.5. The van der Waals surface area contributed by atoms with Crippen LogP contribution in [0.2, 0.25) is 0 Å². The van der Waals surface area contributed by atoms with Crippen LogP contribution in [-0.4, -0.2) is 83.8 Å². The molecule has 2 amide bonds. The molecule has 5 heterocycles. The normalized spacial score (nSPS) is 20.5. The number of nitrogens with zero attached hydrogens (tertiary/aromatic N) is 6. The first-order valence-electron chi connectivity index (χ1n) is 15.9. The molecule has 3 saturated heterocycles. The van der Waals surface area contributed by atoms with Crippen molar-refractivity contribution in [1.29, 1.82) is 0 Å². The molecule has 0 unspecified atom stereocenters. The molecule has 42 heavy (non-hydrogen) atoms. The topological polar surface area (TPSA) is 91.1 Å². The highest BCUT2D eigenvalue weighted by atomic mass is 16.5. The summed E-state index contributed by atoms with van der Waals surface area (Å²) in [4.78, 5) is 31.3. The third-order valence-corrected chi connectivity index (χ3v) is 10.1. The second-order valence-electron chi connectivity index (χ2n) is 12.4. The van der Waals surface area contributed by atoms with E-state index in [0.29, 0.717) is 32.3 Å². The highest BCUT2D eigenvalue weighted by molar-refractivity contribution is 5.97. The standard InChI is InChI=1S/C33H43N7O2/c1-2-24-8-3-9-25-10-4-11-28(29(24)25)39-19-12-26-27(22-39)35-32(42-23-33-13-5-17-40(33)18-6-14-33)36-30(26)37-15-7-16-38(21-20-37)31(34)41/h3-4,8-11H,2,5-7,12-23H2,1H3,(H2,34,41). The van der Waals surface area contributed by atoms with Crippen LogP contribution >= 0.6 is 0 Å². The number of hydrogen-bond donors (Lipinski definition) is 1. The average Bonchev–Trinajstić information content (AvgIpc) is 3.49. The maximum Gasteiger partial charge on any atom is 0.318 e. The Kier molecular flexibility index (Phi) is 7.30. The molecule has 9 nitrogen and oxygen atoms in total. The number of fused-ring (bicyclic) bond motifs is 3. The van der Waals surface area contributed by atoms with E-state index in [1.165, 1.54) is 66.4 Å². The average molecular weight is 570 g/mol. The van der Waals surface area contributed by atoms with Crippen LogP contribution in [0.25, 0.3) is 10.8 Å². The van der Waals surface area contributed by atoms with Gasteiger partial charge in [0.15, 0.2) is 0 Å². The molecule has 4 aliphatic heterocycles. The summed E-state index contributed by atoms with van der Waals surface area (Å²) in [6.45, 7) is 9.65. The summed E-state index contributed by atoms with van der Waals surface area (Å²) in [6, 6.07) is 13.4. The maximum absolute atomic E-state index is 11.9. The van der Waals surface area contributed by atoms with Crippen molar-refractivity contribution in [2.75, 3.05) is 62.2 Å². The predicted octanol–water partition coefficient (Wildman–Crippen LogP) is 4.35. The Morgan fingerprint density at radius 3 is 2.52 bits per heavy atom. The highest BCUT2D eigenvalue weighted by Crippen LogP contribution is 2.40. The largest absolute Gasteiger partial charge is 0.461 e. The molecule has 9 heteroatoms. The Bertz CT molecular complexity index is 1460. The Morgan fingerprint density at radius 1 is 0.929 bits per heavy atom. The monoisotopic (exact) mass is 569 g/mol. The Hall–Kier alpha value is -3.59. The van der Waals surface area contributed by atoms with Crippen molar-refractivity contribution in [3.05, 3.63) is 53.2 Å². The van der Waals surface area contributed by atoms with Crippen molar-refractivity contribution >= 4 is 28.3 Å². The number of aromatic nitrogens is 2. The van der Waals surface area contributed by atoms with Gasteiger partial charge in [0, 0.05) is 49.4 Å². The van der Waals surface area contributed by atoms with Crippen LogP contribution in [0.1, 0.15) is 55.8 Å². The lowest BCUT2D eigenvalue weighted by Crippen LogP contribution is -2.43. The van der Waals surface area contributed by atoms with Gasteiger partial charge in [0.25, 0.3) is 0 Å². The van der Waals surface area contributed by atoms with Gasteiger partial charge in [-0.3, -0.25) is 4.90 Å². The van der Waals surface area contributed by atoms with E-state index >= 15 is 0 Å². The maximum atomic E-state index is 11.9. The molecule has 2 aromatic carbocycles. The number of hydrogen-bond acceptors (Lipinski definition) is 7. The van der Waals surface area contributed by atoms with E-state index in [2.05, 4.69) is 58.0 Å². The second kappa shape index (κ2) is 11.2. The van der Waals surface area contributed by atoms with E-state index in [-0.39, 0.29) is 11.6 Å².